The number of hydrogen-bond acceptors (Lipinski definition) is 1. The van der Waals surface area contributed by atoms with Crippen LogP contribution in [0.25, 0.3) is 0 Å². The topological polar surface area (TPSA) is 37.3 Å². The van der Waals surface area contributed by atoms with E-state index in [-0.39, 0.29) is 5.41 Å². The van der Waals surface area contributed by atoms with Crippen LogP contribution in [0.2, 0.25) is 0 Å². The standard InChI is InChI=1S/C14H22O2/c1-2-13-4-10-3-11(5-13)7-14(6-10,9-13)8-12(15)16/h10-11H,2-9H2,1H3,(H,15,16)/t10-,11-,13?,14?/m1/s1. The molecule has 0 saturated heterocycles. The maximum Gasteiger partial charge on any atom is 0.303 e. The molecule has 16 heavy (non-hydrogen) atoms. The van der Waals surface area contributed by atoms with E-state index in [0.717, 1.165) is 11.8 Å². The van der Waals surface area contributed by atoms with Gasteiger partial charge in [-0.1, -0.05) is 13.3 Å². The first-order valence-electron chi connectivity index (χ1n) is 6.77. The summed E-state index contributed by atoms with van der Waals surface area (Å²) in [6.45, 7) is 2.31. The molecule has 0 aromatic carbocycles. The fraction of sp³-hybridized carbons (Fsp3) is 0.929. The summed E-state index contributed by atoms with van der Waals surface area (Å²) in [5.74, 6) is 1.12. The summed E-state index contributed by atoms with van der Waals surface area (Å²) in [4.78, 5) is 11.1. The van der Waals surface area contributed by atoms with Gasteiger partial charge in [0.05, 0.1) is 6.42 Å². The molecule has 2 heteroatoms. The quantitative estimate of drug-likeness (QED) is 0.794. The van der Waals surface area contributed by atoms with Crippen molar-refractivity contribution in [3.8, 4) is 0 Å². The summed E-state index contributed by atoms with van der Waals surface area (Å²) in [6.07, 6.45) is 9.49. The highest BCUT2D eigenvalue weighted by Gasteiger charge is 2.57. The fourth-order valence-electron chi connectivity index (χ4n) is 5.59. The average Bonchev–Trinajstić information content (AvgIpc) is 2.13. The molecule has 4 fully saturated rings. The van der Waals surface area contributed by atoms with Crippen LogP contribution in [0.3, 0.4) is 0 Å². The van der Waals surface area contributed by atoms with Crippen molar-refractivity contribution in [1.82, 2.24) is 0 Å². The van der Waals surface area contributed by atoms with E-state index in [4.69, 9.17) is 5.11 Å². The van der Waals surface area contributed by atoms with E-state index in [0.29, 0.717) is 11.8 Å². The highest BCUT2D eigenvalue weighted by Crippen LogP contribution is 2.67. The number of rotatable bonds is 3. The van der Waals surface area contributed by atoms with E-state index >= 15 is 0 Å². The molecule has 0 amide bonds. The Morgan fingerprint density at radius 3 is 2.25 bits per heavy atom. The van der Waals surface area contributed by atoms with Crippen molar-refractivity contribution in [2.45, 2.75) is 58.3 Å². The van der Waals surface area contributed by atoms with Gasteiger partial charge >= 0.3 is 5.97 Å². The molecule has 0 heterocycles. The van der Waals surface area contributed by atoms with Crippen molar-refractivity contribution in [3.63, 3.8) is 0 Å². The van der Waals surface area contributed by atoms with Gasteiger partial charge in [-0.15, -0.1) is 0 Å². The minimum Gasteiger partial charge on any atom is -0.481 e. The maximum atomic E-state index is 11.1. The van der Waals surface area contributed by atoms with Gasteiger partial charge in [0.1, 0.15) is 0 Å². The number of hydrogen-bond donors (Lipinski definition) is 1. The van der Waals surface area contributed by atoms with Gasteiger partial charge in [-0.2, -0.15) is 0 Å². The van der Waals surface area contributed by atoms with E-state index in [1.165, 1.54) is 44.9 Å². The minimum absolute atomic E-state index is 0.186. The van der Waals surface area contributed by atoms with Gasteiger partial charge in [0, 0.05) is 0 Å². The third-order valence-electron chi connectivity index (χ3n) is 5.58. The zero-order valence-electron chi connectivity index (χ0n) is 10.2. The van der Waals surface area contributed by atoms with Crippen LogP contribution >= 0.6 is 0 Å². The summed E-state index contributed by atoms with van der Waals surface area (Å²) < 4.78 is 0. The molecule has 90 valence electrons. The summed E-state index contributed by atoms with van der Waals surface area (Å²) in [5, 5.41) is 9.13. The Kier molecular flexibility index (Phi) is 2.15. The maximum absolute atomic E-state index is 11.1. The van der Waals surface area contributed by atoms with Crippen molar-refractivity contribution < 1.29 is 9.90 Å². The number of carboxylic acids is 1. The van der Waals surface area contributed by atoms with Crippen molar-refractivity contribution in [3.05, 3.63) is 0 Å². The molecule has 4 bridgehead atoms. The zero-order chi connectivity index (χ0) is 11.4. The average molecular weight is 222 g/mol. The van der Waals surface area contributed by atoms with Gasteiger partial charge in [-0.3, -0.25) is 4.79 Å². The molecule has 0 aromatic heterocycles. The van der Waals surface area contributed by atoms with E-state index in [2.05, 4.69) is 6.92 Å². The second-order valence-corrected chi connectivity index (χ2v) is 6.89. The van der Waals surface area contributed by atoms with Crippen LogP contribution in [-0.4, -0.2) is 11.1 Å². The molecular weight excluding hydrogens is 200 g/mol. The molecule has 4 rings (SSSR count). The summed E-state index contributed by atoms with van der Waals surface area (Å²) in [7, 11) is 0. The van der Waals surface area contributed by atoms with Gasteiger partial charge in [0.15, 0.2) is 0 Å². The highest BCUT2D eigenvalue weighted by molar-refractivity contribution is 5.67. The molecular formula is C14H22O2. The van der Waals surface area contributed by atoms with E-state index in [1.807, 2.05) is 0 Å². The van der Waals surface area contributed by atoms with Crippen molar-refractivity contribution >= 4 is 5.97 Å². The van der Waals surface area contributed by atoms with Gasteiger partial charge in [0.2, 0.25) is 0 Å². The van der Waals surface area contributed by atoms with E-state index in [1.54, 1.807) is 0 Å². The monoisotopic (exact) mass is 222 g/mol. The van der Waals surface area contributed by atoms with Crippen molar-refractivity contribution in [1.29, 1.82) is 0 Å². The second-order valence-electron chi connectivity index (χ2n) is 6.89. The Morgan fingerprint density at radius 1 is 1.19 bits per heavy atom. The highest BCUT2D eigenvalue weighted by atomic mass is 16.4. The molecule has 4 saturated carbocycles. The Labute approximate surface area is 97.4 Å². The van der Waals surface area contributed by atoms with Crippen LogP contribution in [0.5, 0.6) is 0 Å². The summed E-state index contributed by atoms with van der Waals surface area (Å²) in [5.41, 5.74) is 0.714. The van der Waals surface area contributed by atoms with Crippen molar-refractivity contribution in [2.75, 3.05) is 0 Å². The first-order valence-corrected chi connectivity index (χ1v) is 6.77. The lowest BCUT2D eigenvalue weighted by Gasteiger charge is -2.62. The molecule has 0 spiro atoms. The van der Waals surface area contributed by atoms with Gasteiger partial charge in [-0.25, -0.2) is 0 Å². The van der Waals surface area contributed by atoms with Crippen LogP contribution in [0, 0.1) is 22.7 Å². The van der Waals surface area contributed by atoms with Crippen LogP contribution in [0.1, 0.15) is 58.3 Å². The lowest BCUT2D eigenvalue weighted by molar-refractivity contribution is -0.152. The molecule has 0 radical (unpaired) electrons. The van der Waals surface area contributed by atoms with E-state index in [9.17, 15) is 4.79 Å². The molecule has 0 aromatic rings. The molecule has 4 aliphatic rings. The predicted molar refractivity (Wildman–Crippen MR) is 62.1 cm³/mol. The summed E-state index contributed by atoms with van der Waals surface area (Å²) in [6, 6.07) is 0. The Bertz CT molecular complexity index is 307. The smallest absolute Gasteiger partial charge is 0.303 e. The lowest BCUT2D eigenvalue weighted by Crippen LogP contribution is -2.52. The lowest BCUT2D eigenvalue weighted by atomic mass is 9.43. The number of carbonyl (C=O) groups is 1. The van der Waals surface area contributed by atoms with Crippen LogP contribution in [0.15, 0.2) is 0 Å². The van der Waals surface area contributed by atoms with Gasteiger partial charge < -0.3 is 5.11 Å². The van der Waals surface area contributed by atoms with Crippen LogP contribution in [-0.2, 0) is 4.79 Å². The predicted octanol–water partition coefficient (Wildman–Crippen LogP) is 3.46. The van der Waals surface area contributed by atoms with Crippen LogP contribution < -0.4 is 0 Å². The van der Waals surface area contributed by atoms with Crippen molar-refractivity contribution in [2.24, 2.45) is 22.7 Å². The third kappa shape index (κ3) is 1.49. The SMILES string of the molecule is CCC12C[C@H]3C[C@H](C1)CC(CC(=O)O)(C3)C2. The first kappa shape index (κ1) is 10.6. The van der Waals surface area contributed by atoms with E-state index < -0.39 is 5.97 Å². The Hall–Kier alpha value is -0.530. The number of aliphatic carboxylic acids is 1. The Balaban J connectivity index is 1.89. The fourth-order valence-corrected chi connectivity index (χ4v) is 5.59. The Morgan fingerprint density at radius 2 is 1.75 bits per heavy atom. The molecule has 2 nitrogen and oxygen atoms in total. The van der Waals surface area contributed by atoms with Gasteiger partial charge in [-0.05, 0) is 61.2 Å². The first-order chi connectivity index (χ1) is 7.55. The normalized spacial score (nSPS) is 49.6. The van der Waals surface area contributed by atoms with Gasteiger partial charge in [0.25, 0.3) is 0 Å². The zero-order valence-corrected chi connectivity index (χ0v) is 10.2. The minimum atomic E-state index is -0.576. The molecule has 1 N–H and O–H groups in total. The third-order valence-corrected chi connectivity index (χ3v) is 5.58. The second kappa shape index (κ2) is 3.24. The molecule has 4 aliphatic carbocycles. The molecule has 2 atom stereocenters. The number of carboxylic acid groups (broad SMARTS) is 1. The van der Waals surface area contributed by atoms with Crippen LogP contribution in [0.4, 0.5) is 0 Å². The molecule has 0 unspecified atom stereocenters. The summed E-state index contributed by atoms with van der Waals surface area (Å²) >= 11 is 0. The largest absolute Gasteiger partial charge is 0.481 e. The molecule has 0 aliphatic heterocycles.